The van der Waals surface area contributed by atoms with E-state index in [-0.39, 0.29) is 11.3 Å². The SMILES string of the molecule is CC1(C)C(/C=C/c2ccc(Oc3ccccc3)cc2)=[N+](CCCCCC(=O)NCCN)c2ccc(Nc3ccccc3)cc21. The van der Waals surface area contributed by atoms with Gasteiger partial charge in [-0.15, -0.1) is 0 Å². The van der Waals surface area contributed by atoms with Crippen LogP contribution in [0.2, 0.25) is 0 Å². The van der Waals surface area contributed by atoms with E-state index in [1.54, 1.807) is 0 Å². The molecule has 0 spiro atoms. The summed E-state index contributed by atoms with van der Waals surface area (Å²) in [7, 11) is 0. The van der Waals surface area contributed by atoms with Gasteiger partial charge < -0.3 is 21.1 Å². The van der Waals surface area contributed by atoms with E-state index in [4.69, 9.17) is 10.5 Å². The molecule has 1 heterocycles. The molecule has 0 fully saturated rings. The summed E-state index contributed by atoms with van der Waals surface area (Å²) in [6.07, 6.45) is 7.83. The highest BCUT2D eigenvalue weighted by Gasteiger charge is 2.44. The number of nitrogens with one attached hydrogen (secondary N) is 2. The molecule has 4 aromatic carbocycles. The Morgan fingerprint density at radius 3 is 2.25 bits per heavy atom. The molecule has 0 atom stereocenters. The average molecular weight is 588 g/mol. The minimum Gasteiger partial charge on any atom is -0.457 e. The predicted octanol–water partition coefficient (Wildman–Crippen LogP) is 7.95. The van der Waals surface area contributed by atoms with E-state index in [0.717, 1.165) is 54.2 Å². The van der Waals surface area contributed by atoms with Crippen LogP contribution in [0.4, 0.5) is 17.1 Å². The van der Waals surface area contributed by atoms with Crippen LogP contribution in [0.15, 0.2) is 109 Å². The number of ether oxygens (including phenoxy) is 1. The van der Waals surface area contributed by atoms with Gasteiger partial charge in [-0.2, -0.15) is 4.58 Å². The molecule has 0 radical (unpaired) electrons. The van der Waals surface area contributed by atoms with Gasteiger partial charge in [0.1, 0.15) is 18.0 Å². The lowest BCUT2D eigenvalue weighted by molar-refractivity contribution is -0.438. The van der Waals surface area contributed by atoms with Crippen molar-refractivity contribution in [2.24, 2.45) is 5.73 Å². The number of anilines is 2. The number of nitrogens with two attached hydrogens (primary N) is 1. The van der Waals surface area contributed by atoms with E-state index in [1.807, 2.05) is 60.7 Å². The Labute approximate surface area is 261 Å². The van der Waals surface area contributed by atoms with Crippen LogP contribution in [0.5, 0.6) is 11.5 Å². The van der Waals surface area contributed by atoms with Gasteiger partial charge in [-0.1, -0.05) is 48.5 Å². The lowest BCUT2D eigenvalue weighted by Crippen LogP contribution is -2.28. The number of amides is 1. The molecule has 1 aliphatic rings. The third kappa shape index (κ3) is 7.82. The molecule has 5 rings (SSSR count). The summed E-state index contributed by atoms with van der Waals surface area (Å²) < 4.78 is 8.44. The molecule has 0 aromatic heterocycles. The van der Waals surface area contributed by atoms with E-state index in [2.05, 4.69) is 83.7 Å². The van der Waals surface area contributed by atoms with Crippen molar-refractivity contribution in [1.82, 2.24) is 5.32 Å². The molecular formula is C38H43N4O2+. The highest BCUT2D eigenvalue weighted by Crippen LogP contribution is 2.42. The Hall–Kier alpha value is -4.68. The zero-order chi connectivity index (χ0) is 30.8. The summed E-state index contributed by atoms with van der Waals surface area (Å²) in [5.41, 5.74) is 12.4. The van der Waals surface area contributed by atoms with Crippen LogP contribution in [0.3, 0.4) is 0 Å². The van der Waals surface area contributed by atoms with Crippen LogP contribution in [-0.2, 0) is 10.2 Å². The third-order valence-corrected chi connectivity index (χ3v) is 8.00. The standard InChI is InChI=1S/C38H42N4O2/c1-38(2)34-28-31(41-30-12-6-3-7-13-30)20-23-35(34)42(27-11-5-10-16-37(43)40-26-25-39)36(38)24-19-29-17-21-33(22-18-29)44-32-14-8-4-9-15-32/h3-4,6-9,12-15,17-24,28,41H,5,10-11,16,25-27,39H2,1-2H3/p+1/b24-19+. The van der Waals surface area contributed by atoms with Gasteiger partial charge >= 0.3 is 0 Å². The second kappa shape index (κ2) is 14.7. The quantitative estimate of drug-likeness (QED) is 0.103. The van der Waals surface area contributed by atoms with E-state index in [0.29, 0.717) is 19.5 Å². The van der Waals surface area contributed by atoms with Crippen molar-refractivity contribution >= 4 is 34.8 Å². The van der Waals surface area contributed by atoms with Crippen molar-refractivity contribution in [3.63, 3.8) is 0 Å². The summed E-state index contributed by atoms with van der Waals surface area (Å²) in [6.45, 7) is 6.49. The van der Waals surface area contributed by atoms with Crippen LogP contribution in [0.25, 0.3) is 6.08 Å². The van der Waals surface area contributed by atoms with Crippen molar-refractivity contribution < 1.29 is 14.1 Å². The number of carbonyl (C=O) groups is 1. The number of para-hydroxylation sites is 2. The maximum Gasteiger partial charge on any atom is 0.220 e. The molecule has 0 saturated carbocycles. The van der Waals surface area contributed by atoms with Crippen LogP contribution >= 0.6 is 0 Å². The van der Waals surface area contributed by atoms with Crippen molar-refractivity contribution in [3.8, 4) is 11.5 Å². The van der Waals surface area contributed by atoms with E-state index in [9.17, 15) is 4.79 Å². The minimum atomic E-state index is -0.196. The topological polar surface area (TPSA) is 79.4 Å². The van der Waals surface area contributed by atoms with Gasteiger partial charge in [-0.25, -0.2) is 0 Å². The molecule has 4 N–H and O–H groups in total. The zero-order valence-corrected chi connectivity index (χ0v) is 25.8. The number of allylic oxidation sites excluding steroid dienone is 1. The number of carbonyl (C=O) groups excluding carboxylic acids is 1. The number of fused-ring (bicyclic) bond motifs is 1. The molecule has 0 unspecified atom stereocenters. The molecule has 226 valence electrons. The smallest absolute Gasteiger partial charge is 0.220 e. The van der Waals surface area contributed by atoms with Crippen molar-refractivity contribution in [2.45, 2.75) is 44.9 Å². The first-order chi connectivity index (χ1) is 21.4. The largest absolute Gasteiger partial charge is 0.457 e. The number of benzene rings is 4. The van der Waals surface area contributed by atoms with Gasteiger partial charge in [0.05, 0.1) is 5.41 Å². The van der Waals surface area contributed by atoms with Crippen molar-refractivity contribution in [2.75, 3.05) is 25.0 Å². The molecule has 4 aromatic rings. The van der Waals surface area contributed by atoms with Crippen molar-refractivity contribution in [1.29, 1.82) is 0 Å². The summed E-state index contributed by atoms with van der Waals surface area (Å²) >= 11 is 0. The average Bonchev–Trinajstić information content (AvgIpc) is 3.25. The second-order valence-corrected chi connectivity index (χ2v) is 11.7. The van der Waals surface area contributed by atoms with Gasteiger partial charge in [-0.3, -0.25) is 4.79 Å². The predicted molar refractivity (Wildman–Crippen MR) is 182 cm³/mol. The maximum absolute atomic E-state index is 12.0. The fourth-order valence-corrected chi connectivity index (χ4v) is 5.66. The Balaban J connectivity index is 1.35. The number of rotatable bonds is 14. The molecule has 44 heavy (non-hydrogen) atoms. The molecule has 6 heteroatoms. The Kier molecular flexibility index (Phi) is 10.3. The monoisotopic (exact) mass is 587 g/mol. The van der Waals surface area contributed by atoms with E-state index >= 15 is 0 Å². The van der Waals surface area contributed by atoms with Crippen LogP contribution in [0, 0.1) is 0 Å². The Morgan fingerprint density at radius 2 is 1.52 bits per heavy atom. The van der Waals surface area contributed by atoms with Gasteiger partial charge in [0, 0.05) is 55.0 Å². The summed E-state index contributed by atoms with van der Waals surface area (Å²) in [5, 5.41) is 6.43. The van der Waals surface area contributed by atoms with Crippen LogP contribution in [-0.4, -0.2) is 35.8 Å². The minimum absolute atomic E-state index is 0.0805. The van der Waals surface area contributed by atoms with E-state index < -0.39 is 0 Å². The Morgan fingerprint density at radius 1 is 0.818 bits per heavy atom. The third-order valence-electron chi connectivity index (χ3n) is 8.00. The number of hydrogen-bond donors (Lipinski definition) is 3. The molecule has 1 aliphatic heterocycles. The highest BCUT2D eigenvalue weighted by atomic mass is 16.5. The van der Waals surface area contributed by atoms with Gasteiger partial charge in [-0.05, 0) is 86.9 Å². The molecule has 6 nitrogen and oxygen atoms in total. The van der Waals surface area contributed by atoms with Gasteiger partial charge in [0.15, 0.2) is 5.71 Å². The highest BCUT2D eigenvalue weighted by molar-refractivity contribution is 6.05. The molecule has 0 saturated heterocycles. The number of nitrogens with zero attached hydrogens (tertiary/aromatic N) is 1. The fraction of sp³-hybridized carbons (Fsp3) is 0.263. The van der Waals surface area contributed by atoms with E-state index in [1.165, 1.54) is 17.0 Å². The summed E-state index contributed by atoms with van der Waals surface area (Å²) in [5.74, 6) is 1.72. The zero-order valence-electron chi connectivity index (χ0n) is 25.8. The summed E-state index contributed by atoms with van der Waals surface area (Å²) in [6, 6.07) is 35.0. The molecule has 0 aliphatic carbocycles. The maximum atomic E-state index is 12.0. The first kappa shape index (κ1) is 30.8. The fourth-order valence-electron chi connectivity index (χ4n) is 5.66. The van der Waals surface area contributed by atoms with Gasteiger partial charge in [0.25, 0.3) is 0 Å². The molecular weight excluding hydrogens is 544 g/mol. The van der Waals surface area contributed by atoms with Crippen LogP contribution < -0.4 is 21.1 Å². The first-order valence-electron chi connectivity index (χ1n) is 15.5. The number of hydrogen-bond acceptors (Lipinski definition) is 4. The van der Waals surface area contributed by atoms with Gasteiger partial charge in [0.2, 0.25) is 11.6 Å². The number of unbranched alkanes of at least 4 members (excludes halogenated alkanes) is 2. The summed E-state index contributed by atoms with van der Waals surface area (Å²) in [4.78, 5) is 12.0. The first-order valence-corrected chi connectivity index (χ1v) is 15.5. The normalized spacial score (nSPS) is 13.6. The molecule has 0 bridgehead atoms. The van der Waals surface area contributed by atoms with Crippen molar-refractivity contribution in [3.05, 3.63) is 120 Å². The Bertz CT molecular complexity index is 1590. The second-order valence-electron chi connectivity index (χ2n) is 11.7. The van der Waals surface area contributed by atoms with Crippen LogP contribution in [0.1, 0.15) is 50.7 Å². The lowest BCUT2D eigenvalue weighted by atomic mass is 9.81. The molecule has 1 amide bonds. The lowest BCUT2D eigenvalue weighted by Gasteiger charge is -2.17.